The fourth-order valence-electron chi connectivity index (χ4n) is 2.70. The molecule has 1 aliphatic heterocycles. The van der Waals surface area contributed by atoms with Gasteiger partial charge in [-0.1, -0.05) is 13.8 Å². The molecule has 0 aliphatic carbocycles. The van der Waals surface area contributed by atoms with Crippen molar-refractivity contribution in [2.75, 3.05) is 47.3 Å². The summed E-state index contributed by atoms with van der Waals surface area (Å²) in [6.07, 6.45) is 2.75. The number of hydrogen-bond donors (Lipinski definition) is 1. The van der Waals surface area contributed by atoms with Crippen molar-refractivity contribution in [3.05, 3.63) is 0 Å². The molecular weight excluding hydrogens is 288 g/mol. The molecule has 0 saturated carbocycles. The van der Waals surface area contributed by atoms with Crippen LogP contribution in [0.2, 0.25) is 0 Å². The van der Waals surface area contributed by atoms with Crippen molar-refractivity contribution in [2.24, 2.45) is 0 Å². The molecule has 1 rings (SSSR count). The summed E-state index contributed by atoms with van der Waals surface area (Å²) in [6, 6.07) is 0.552. The van der Waals surface area contributed by atoms with Crippen LogP contribution >= 0.6 is 0 Å². The van der Waals surface area contributed by atoms with E-state index in [0.717, 1.165) is 32.4 Å². The second-order valence-electron chi connectivity index (χ2n) is 6.46. The van der Waals surface area contributed by atoms with Crippen LogP contribution in [0.5, 0.6) is 0 Å². The Bertz CT molecular complexity index is 398. The molecule has 6 nitrogen and oxygen atoms in total. The molecule has 0 spiro atoms. The van der Waals surface area contributed by atoms with Gasteiger partial charge >= 0.3 is 0 Å². The summed E-state index contributed by atoms with van der Waals surface area (Å²) in [5.74, 6) is 0. The molecule has 0 aromatic heterocycles. The van der Waals surface area contributed by atoms with Gasteiger partial charge in [0.2, 0.25) is 0 Å². The molecule has 0 aromatic rings. The van der Waals surface area contributed by atoms with E-state index in [4.69, 9.17) is 0 Å². The Morgan fingerprint density at radius 1 is 1.29 bits per heavy atom. The van der Waals surface area contributed by atoms with Crippen LogP contribution in [0.1, 0.15) is 33.1 Å². The Balaban J connectivity index is 2.54. The van der Waals surface area contributed by atoms with E-state index >= 15 is 0 Å². The third kappa shape index (κ3) is 5.83. The van der Waals surface area contributed by atoms with E-state index < -0.39 is 10.2 Å². The fourth-order valence-corrected chi connectivity index (χ4v) is 4.33. The molecule has 0 amide bonds. The van der Waals surface area contributed by atoms with Gasteiger partial charge in [-0.05, 0) is 39.9 Å². The molecule has 0 aromatic carbocycles. The van der Waals surface area contributed by atoms with E-state index in [2.05, 4.69) is 24.1 Å². The number of nitrogens with zero attached hydrogens (tertiary/aromatic N) is 3. The summed E-state index contributed by atoms with van der Waals surface area (Å²) in [4.78, 5) is 2.06. The summed E-state index contributed by atoms with van der Waals surface area (Å²) in [5.41, 5.74) is 0. The largest absolute Gasteiger partial charge is 0.314 e. The van der Waals surface area contributed by atoms with Crippen molar-refractivity contribution in [3.8, 4) is 0 Å². The van der Waals surface area contributed by atoms with Crippen molar-refractivity contribution in [1.29, 1.82) is 0 Å². The maximum absolute atomic E-state index is 12.7. The van der Waals surface area contributed by atoms with Crippen LogP contribution in [0.25, 0.3) is 0 Å². The van der Waals surface area contributed by atoms with Crippen molar-refractivity contribution in [1.82, 2.24) is 18.8 Å². The Labute approximate surface area is 130 Å². The van der Waals surface area contributed by atoms with Gasteiger partial charge in [0.25, 0.3) is 10.2 Å². The maximum atomic E-state index is 12.7. The van der Waals surface area contributed by atoms with E-state index in [1.807, 2.05) is 14.1 Å². The molecule has 1 heterocycles. The zero-order valence-electron chi connectivity index (χ0n) is 14.2. The predicted molar refractivity (Wildman–Crippen MR) is 87.6 cm³/mol. The van der Waals surface area contributed by atoms with Gasteiger partial charge < -0.3 is 10.2 Å². The monoisotopic (exact) mass is 320 g/mol. The molecule has 1 fully saturated rings. The normalized spacial score (nSPS) is 21.0. The molecule has 1 aliphatic rings. The molecule has 1 unspecified atom stereocenters. The smallest absolute Gasteiger partial charge is 0.282 e. The van der Waals surface area contributed by atoms with Crippen LogP contribution in [0.3, 0.4) is 0 Å². The van der Waals surface area contributed by atoms with Crippen LogP contribution in [0.15, 0.2) is 0 Å². The zero-order chi connectivity index (χ0) is 16.0. The van der Waals surface area contributed by atoms with Crippen molar-refractivity contribution in [2.45, 2.75) is 45.2 Å². The molecular formula is C14H32N4O2S. The molecule has 0 bridgehead atoms. The lowest BCUT2D eigenvalue weighted by molar-refractivity contribution is 0.276. The summed E-state index contributed by atoms with van der Waals surface area (Å²) >= 11 is 0. The van der Waals surface area contributed by atoms with E-state index in [-0.39, 0.29) is 6.04 Å². The van der Waals surface area contributed by atoms with Crippen molar-refractivity contribution >= 4 is 10.2 Å². The highest BCUT2D eigenvalue weighted by atomic mass is 32.2. The van der Waals surface area contributed by atoms with Crippen LogP contribution in [0.4, 0.5) is 0 Å². The minimum atomic E-state index is -3.32. The molecule has 7 heteroatoms. The zero-order valence-corrected chi connectivity index (χ0v) is 15.0. The average Bonchev–Trinajstić information content (AvgIpc) is 2.81. The molecule has 1 atom stereocenters. The number of nitrogens with one attached hydrogen (secondary N) is 1. The predicted octanol–water partition coefficient (Wildman–Crippen LogP) is 0.577. The van der Waals surface area contributed by atoms with Gasteiger partial charge in [0.05, 0.1) is 0 Å². The summed E-state index contributed by atoms with van der Waals surface area (Å²) in [5, 5.41) is 3.31. The third-order valence-electron chi connectivity index (χ3n) is 3.79. The van der Waals surface area contributed by atoms with Gasteiger partial charge in [-0.15, -0.1) is 0 Å². The van der Waals surface area contributed by atoms with E-state index in [1.54, 1.807) is 11.4 Å². The van der Waals surface area contributed by atoms with Gasteiger partial charge in [-0.25, -0.2) is 0 Å². The Morgan fingerprint density at radius 2 is 1.95 bits per heavy atom. The van der Waals surface area contributed by atoms with E-state index in [1.165, 1.54) is 4.31 Å². The number of rotatable bonds is 9. The first kappa shape index (κ1) is 18.8. The Morgan fingerprint density at radius 3 is 2.52 bits per heavy atom. The quantitative estimate of drug-likeness (QED) is 0.631. The Hall–Kier alpha value is -0.210. The van der Waals surface area contributed by atoms with Crippen molar-refractivity contribution in [3.63, 3.8) is 0 Å². The lowest BCUT2D eigenvalue weighted by Crippen LogP contribution is -2.47. The topological polar surface area (TPSA) is 55.9 Å². The third-order valence-corrected chi connectivity index (χ3v) is 5.84. The average molecular weight is 321 g/mol. The highest BCUT2D eigenvalue weighted by Gasteiger charge is 2.36. The van der Waals surface area contributed by atoms with Gasteiger partial charge in [0, 0.05) is 38.8 Å². The van der Waals surface area contributed by atoms with Crippen LogP contribution in [-0.2, 0) is 10.2 Å². The first-order chi connectivity index (χ1) is 9.75. The Kier molecular flexibility index (Phi) is 7.56. The standard InChI is InChI=1S/C14H32N4O2S/c1-13(2)15-9-7-10-17(5)21(19,20)18-11-6-8-14(18)12-16(3)4/h13-15H,6-12H2,1-5H3. The molecule has 1 N–H and O–H groups in total. The van der Waals surface area contributed by atoms with Gasteiger partial charge in [0.15, 0.2) is 0 Å². The first-order valence-corrected chi connectivity index (χ1v) is 9.26. The molecule has 1 saturated heterocycles. The van der Waals surface area contributed by atoms with Gasteiger partial charge in [-0.2, -0.15) is 17.0 Å². The number of hydrogen-bond acceptors (Lipinski definition) is 4. The highest BCUT2D eigenvalue weighted by Crippen LogP contribution is 2.23. The maximum Gasteiger partial charge on any atom is 0.282 e. The minimum Gasteiger partial charge on any atom is -0.314 e. The molecule has 0 radical (unpaired) electrons. The van der Waals surface area contributed by atoms with Gasteiger partial charge in [0.1, 0.15) is 0 Å². The lowest BCUT2D eigenvalue weighted by Gasteiger charge is -2.30. The second-order valence-corrected chi connectivity index (χ2v) is 8.45. The summed E-state index contributed by atoms with van der Waals surface area (Å²) in [7, 11) is 2.35. The fraction of sp³-hybridized carbons (Fsp3) is 1.00. The molecule has 21 heavy (non-hydrogen) atoms. The van der Waals surface area contributed by atoms with E-state index in [0.29, 0.717) is 19.1 Å². The van der Waals surface area contributed by atoms with Crippen LogP contribution in [0, 0.1) is 0 Å². The van der Waals surface area contributed by atoms with Gasteiger partial charge in [-0.3, -0.25) is 0 Å². The number of likely N-dealkylation sites (N-methyl/N-ethyl adjacent to an activating group) is 1. The molecule has 126 valence electrons. The summed E-state index contributed by atoms with van der Waals surface area (Å²) in [6.45, 7) is 7.04. The lowest BCUT2D eigenvalue weighted by atomic mass is 10.2. The van der Waals surface area contributed by atoms with Crippen LogP contribution in [-0.4, -0.2) is 81.3 Å². The highest BCUT2D eigenvalue weighted by molar-refractivity contribution is 7.86. The van der Waals surface area contributed by atoms with Crippen LogP contribution < -0.4 is 5.32 Å². The minimum absolute atomic E-state index is 0.112. The first-order valence-electron chi connectivity index (χ1n) is 7.86. The van der Waals surface area contributed by atoms with Crippen molar-refractivity contribution < 1.29 is 8.42 Å². The second kappa shape index (κ2) is 8.43. The summed E-state index contributed by atoms with van der Waals surface area (Å²) < 4.78 is 28.5. The SMILES string of the molecule is CC(C)NCCCN(C)S(=O)(=O)N1CCCC1CN(C)C. The van der Waals surface area contributed by atoms with E-state index in [9.17, 15) is 8.42 Å².